The number of aromatic nitrogens is 1. The molecule has 0 unspecified atom stereocenters. The van der Waals surface area contributed by atoms with Crippen LogP contribution in [-0.4, -0.2) is 4.98 Å². The van der Waals surface area contributed by atoms with E-state index in [1.54, 1.807) is 11.3 Å². The highest BCUT2D eigenvalue weighted by molar-refractivity contribution is 7.19. The molecule has 0 atom stereocenters. The number of hydrogen-bond acceptors (Lipinski definition) is 4. The van der Waals surface area contributed by atoms with E-state index in [1.807, 2.05) is 18.2 Å². The molecule has 27 heavy (non-hydrogen) atoms. The Morgan fingerprint density at radius 1 is 1.00 bits per heavy atom. The van der Waals surface area contributed by atoms with Crippen LogP contribution in [0, 0.1) is 6.92 Å². The summed E-state index contributed by atoms with van der Waals surface area (Å²) >= 11 is 1.71. The van der Waals surface area contributed by atoms with E-state index in [4.69, 9.17) is 4.98 Å². The quantitative estimate of drug-likeness (QED) is 0.274. The molecule has 2 aromatic carbocycles. The number of azo groups is 1. The first-order chi connectivity index (χ1) is 13.2. The second-order valence-corrected chi connectivity index (χ2v) is 7.92. The first kappa shape index (κ1) is 19.4. The van der Waals surface area contributed by atoms with Gasteiger partial charge in [-0.05, 0) is 50.1 Å². The molecular weight excluding hydrogens is 350 g/mol. The number of benzene rings is 2. The Morgan fingerprint density at radius 2 is 1.78 bits per heavy atom. The molecule has 0 N–H and O–H groups in total. The van der Waals surface area contributed by atoms with Crippen molar-refractivity contribution in [1.29, 1.82) is 0 Å². The van der Waals surface area contributed by atoms with Gasteiger partial charge in [-0.15, -0.1) is 11.3 Å². The number of thiazole rings is 1. The summed E-state index contributed by atoms with van der Waals surface area (Å²) in [5.41, 5.74) is 4.18. The fourth-order valence-electron chi connectivity index (χ4n) is 2.89. The van der Waals surface area contributed by atoms with Crippen molar-refractivity contribution in [2.45, 2.75) is 52.4 Å². The minimum absolute atomic E-state index is 0.891. The number of allylic oxidation sites excluding steroid dienone is 1. The molecule has 3 rings (SSSR count). The lowest BCUT2D eigenvalue weighted by Gasteiger charge is -2.01. The number of nitrogens with zero attached hydrogens (tertiary/aromatic N) is 3. The lowest BCUT2D eigenvalue weighted by atomic mass is 10.1. The zero-order chi connectivity index (χ0) is 18.9. The summed E-state index contributed by atoms with van der Waals surface area (Å²) in [6, 6.07) is 16.4. The molecule has 0 saturated carbocycles. The number of unbranched alkanes of at least 4 members (excludes halogenated alkanes) is 4. The van der Waals surface area contributed by atoms with Crippen LogP contribution in [0.5, 0.6) is 0 Å². The van der Waals surface area contributed by atoms with Crippen LogP contribution in [0.3, 0.4) is 0 Å². The van der Waals surface area contributed by atoms with Crippen molar-refractivity contribution in [3.05, 3.63) is 64.8 Å². The third kappa shape index (κ3) is 6.10. The Bertz CT molecular complexity index is 874. The highest BCUT2D eigenvalue weighted by atomic mass is 32.1. The Kier molecular flexibility index (Phi) is 7.28. The van der Waals surface area contributed by atoms with E-state index < -0.39 is 0 Å². The van der Waals surface area contributed by atoms with E-state index >= 15 is 0 Å². The summed E-state index contributed by atoms with van der Waals surface area (Å²) in [5, 5.41) is 10.0. The van der Waals surface area contributed by atoms with Crippen molar-refractivity contribution in [1.82, 2.24) is 4.98 Å². The molecule has 1 aromatic heterocycles. The lowest BCUT2D eigenvalue weighted by molar-refractivity contribution is 0.628. The molecule has 0 fully saturated rings. The predicted molar refractivity (Wildman–Crippen MR) is 117 cm³/mol. The highest BCUT2D eigenvalue weighted by Crippen LogP contribution is 2.26. The molecule has 0 radical (unpaired) electrons. The SMILES string of the molecule is CCCCCCC/C(=C/c1nc2ccccc2s1)N=Nc1ccc(C)cc1. The average Bonchev–Trinajstić information content (AvgIpc) is 3.09. The Balaban J connectivity index is 1.76. The van der Waals surface area contributed by atoms with Gasteiger partial charge in [0.05, 0.1) is 21.6 Å². The van der Waals surface area contributed by atoms with Gasteiger partial charge in [-0.1, -0.05) is 62.4 Å². The molecule has 1 heterocycles. The molecule has 3 nitrogen and oxygen atoms in total. The standard InChI is InChI=1S/C23H27N3S/c1-3-4-5-6-7-10-20(26-25-19-15-13-18(2)14-16-19)17-23-24-21-11-8-9-12-22(21)27-23/h8-9,11-17H,3-7,10H2,1-2H3/b20-17-,26-25?. The molecule has 0 aliphatic heterocycles. The van der Waals surface area contributed by atoms with E-state index in [0.717, 1.165) is 34.8 Å². The number of fused-ring (bicyclic) bond motifs is 1. The maximum atomic E-state index is 4.72. The van der Waals surface area contributed by atoms with Crippen LogP contribution >= 0.6 is 11.3 Å². The second-order valence-electron chi connectivity index (χ2n) is 6.86. The highest BCUT2D eigenvalue weighted by Gasteiger charge is 2.04. The Morgan fingerprint density at radius 3 is 2.56 bits per heavy atom. The summed E-state index contributed by atoms with van der Waals surface area (Å²) in [5.74, 6) is 0. The van der Waals surface area contributed by atoms with Crippen LogP contribution in [-0.2, 0) is 0 Å². The number of hydrogen-bond donors (Lipinski definition) is 0. The number of aryl methyl sites for hydroxylation is 1. The topological polar surface area (TPSA) is 37.6 Å². The third-order valence-electron chi connectivity index (χ3n) is 4.46. The maximum Gasteiger partial charge on any atom is 0.119 e. The van der Waals surface area contributed by atoms with Gasteiger partial charge in [-0.2, -0.15) is 10.2 Å². The lowest BCUT2D eigenvalue weighted by Crippen LogP contribution is -1.83. The van der Waals surface area contributed by atoms with Crippen LogP contribution in [0.25, 0.3) is 16.3 Å². The van der Waals surface area contributed by atoms with Crippen molar-refractivity contribution in [2.75, 3.05) is 0 Å². The minimum Gasteiger partial charge on any atom is -0.237 e. The van der Waals surface area contributed by atoms with Crippen molar-refractivity contribution in [3.8, 4) is 0 Å². The van der Waals surface area contributed by atoms with E-state index in [1.165, 1.54) is 35.9 Å². The zero-order valence-electron chi connectivity index (χ0n) is 16.2. The van der Waals surface area contributed by atoms with Crippen LogP contribution in [0.15, 0.2) is 64.5 Å². The van der Waals surface area contributed by atoms with Gasteiger partial charge in [0.25, 0.3) is 0 Å². The van der Waals surface area contributed by atoms with Crippen molar-refractivity contribution in [2.24, 2.45) is 10.2 Å². The molecular formula is C23H27N3S. The van der Waals surface area contributed by atoms with Gasteiger partial charge < -0.3 is 0 Å². The second kappa shape index (κ2) is 10.1. The van der Waals surface area contributed by atoms with Gasteiger partial charge in [0.2, 0.25) is 0 Å². The van der Waals surface area contributed by atoms with Crippen LogP contribution in [0.4, 0.5) is 5.69 Å². The van der Waals surface area contributed by atoms with Gasteiger partial charge >= 0.3 is 0 Å². The molecule has 0 bridgehead atoms. The van der Waals surface area contributed by atoms with Gasteiger partial charge in [0.15, 0.2) is 0 Å². The van der Waals surface area contributed by atoms with Crippen molar-refractivity contribution in [3.63, 3.8) is 0 Å². The molecule has 4 heteroatoms. The zero-order valence-corrected chi connectivity index (χ0v) is 17.0. The monoisotopic (exact) mass is 377 g/mol. The van der Waals surface area contributed by atoms with E-state index in [2.05, 4.69) is 60.5 Å². The van der Waals surface area contributed by atoms with Gasteiger partial charge in [0.1, 0.15) is 5.01 Å². The van der Waals surface area contributed by atoms with Crippen LogP contribution < -0.4 is 0 Å². The largest absolute Gasteiger partial charge is 0.237 e. The molecule has 0 aliphatic carbocycles. The molecule has 140 valence electrons. The Labute approximate surface area is 165 Å². The Hall–Kier alpha value is -2.33. The summed E-state index contributed by atoms with van der Waals surface area (Å²) in [6.45, 7) is 4.32. The van der Waals surface area contributed by atoms with E-state index in [0.29, 0.717) is 0 Å². The van der Waals surface area contributed by atoms with Crippen LogP contribution in [0.1, 0.15) is 56.0 Å². The van der Waals surface area contributed by atoms with E-state index in [-0.39, 0.29) is 0 Å². The summed E-state index contributed by atoms with van der Waals surface area (Å²) in [6.07, 6.45) is 9.29. The van der Waals surface area contributed by atoms with Gasteiger partial charge in [-0.25, -0.2) is 4.98 Å². The van der Waals surface area contributed by atoms with Gasteiger partial charge in [0, 0.05) is 0 Å². The van der Waals surface area contributed by atoms with Crippen molar-refractivity contribution < 1.29 is 0 Å². The molecule has 0 spiro atoms. The van der Waals surface area contributed by atoms with E-state index in [9.17, 15) is 0 Å². The summed E-state index contributed by atoms with van der Waals surface area (Å²) < 4.78 is 1.21. The van der Waals surface area contributed by atoms with Crippen LogP contribution in [0.2, 0.25) is 0 Å². The van der Waals surface area contributed by atoms with Gasteiger partial charge in [-0.3, -0.25) is 0 Å². The fourth-order valence-corrected chi connectivity index (χ4v) is 3.82. The number of rotatable bonds is 9. The third-order valence-corrected chi connectivity index (χ3v) is 5.45. The molecule has 0 amide bonds. The fraction of sp³-hybridized carbons (Fsp3) is 0.348. The first-order valence-electron chi connectivity index (χ1n) is 9.79. The normalized spacial score (nSPS) is 12.3. The average molecular weight is 378 g/mol. The molecule has 0 saturated heterocycles. The van der Waals surface area contributed by atoms with Crippen molar-refractivity contribution >= 4 is 33.3 Å². The summed E-state index contributed by atoms with van der Waals surface area (Å²) in [4.78, 5) is 4.72. The smallest absolute Gasteiger partial charge is 0.119 e. The maximum absolute atomic E-state index is 4.72. The minimum atomic E-state index is 0.891. The predicted octanol–water partition coefficient (Wildman–Crippen LogP) is 8.09. The summed E-state index contributed by atoms with van der Waals surface area (Å²) in [7, 11) is 0. The molecule has 0 aliphatic rings. The molecule has 3 aromatic rings. The first-order valence-corrected chi connectivity index (χ1v) is 10.6. The number of para-hydroxylation sites is 1.